The summed E-state index contributed by atoms with van der Waals surface area (Å²) in [5, 5.41) is 1.11. The second-order valence-electron chi connectivity index (χ2n) is 5.18. The molecule has 0 aliphatic carbocycles. The molecule has 0 fully saturated rings. The summed E-state index contributed by atoms with van der Waals surface area (Å²) < 4.78 is 10.7. The molecule has 3 heteroatoms. The maximum absolute atomic E-state index is 6.32. The van der Waals surface area contributed by atoms with Crippen LogP contribution in [-0.2, 0) is 6.42 Å². The van der Waals surface area contributed by atoms with Gasteiger partial charge in [0.05, 0.1) is 13.4 Å². The maximum Gasteiger partial charge on any atom is 0.134 e. The third-order valence-electron chi connectivity index (χ3n) is 3.81. The number of hydrogen-bond acceptors (Lipinski definition) is 3. The second-order valence-corrected chi connectivity index (χ2v) is 5.18. The summed E-state index contributed by atoms with van der Waals surface area (Å²) in [6, 6.07) is 16.1. The first kappa shape index (κ1) is 13.7. The Bertz CT molecular complexity index is 715. The van der Waals surface area contributed by atoms with E-state index in [0.29, 0.717) is 0 Å². The van der Waals surface area contributed by atoms with Gasteiger partial charge in [0.25, 0.3) is 0 Å². The first-order valence-corrected chi connectivity index (χ1v) is 7.12. The van der Waals surface area contributed by atoms with Gasteiger partial charge in [0.2, 0.25) is 0 Å². The Morgan fingerprint density at radius 3 is 2.62 bits per heavy atom. The van der Waals surface area contributed by atoms with Gasteiger partial charge in [-0.05, 0) is 36.6 Å². The Labute approximate surface area is 124 Å². The average molecular weight is 281 g/mol. The van der Waals surface area contributed by atoms with Crippen LogP contribution in [0.3, 0.4) is 0 Å². The Morgan fingerprint density at radius 2 is 1.86 bits per heavy atom. The molecule has 1 atom stereocenters. The third kappa shape index (κ3) is 2.93. The summed E-state index contributed by atoms with van der Waals surface area (Å²) in [5.74, 6) is 0.879. The van der Waals surface area contributed by atoms with Crippen LogP contribution in [0.25, 0.3) is 11.0 Å². The van der Waals surface area contributed by atoms with E-state index in [9.17, 15) is 0 Å². The van der Waals surface area contributed by atoms with Gasteiger partial charge in [-0.1, -0.05) is 30.3 Å². The van der Waals surface area contributed by atoms with E-state index in [-0.39, 0.29) is 6.04 Å². The molecule has 0 amide bonds. The van der Waals surface area contributed by atoms with E-state index in [0.717, 1.165) is 35.1 Å². The Kier molecular flexibility index (Phi) is 3.93. The van der Waals surface area contributed by atoms with Crippen LogP contribution < -0.4 is 10.5 Å². The summed E-state index contributed by atoms with van der Waals surface area (Å²) in [5.41, 5.74) is 9.57. The van der Waals surface area contributed by atoms with Gasteiger partial charge in [0.1, 0.15) is 11.3 Å². The van der Waals surface area contributed by atoms with Crippen LogP contribution in [0.2, 0.25) is 0 Å². The van der Waals surface area contributed by atoms with Gasteiger partial charge in [-0.2, -0.15) is 0 Å². The molecule has 2 aromatic carbocycles. The van der Waals surface area contributed by atoms with Gasteiger partial charge in [-0.3, -0.25) is 0 Å². The van der Waals surface area contributed by atoms with Gasteiger partial charge in [-0.15, -0.1) is 0 Å². The molecule has 0 radical (unpaired) electrons. The molecule has 1 unspecified atom stereocenters. The van der Waals surface area contributed by atoms with Crippen molar-refractivity contribution in [3.63, 3.8) is 0 Å². The number of benzene rings is 2. The van der Waals surface area contributed by atoms with Gasteiger partial charge in [0, 0.05) is 17.0 Å². The van der Waals surface area contributed by atoms with Gasteiger partial charge < -0.3 is 14.9 Å². The fourth-order valence-electron chi connectivity index (χ4n) is 2.56. The molecule has 21 heavy (non-hydrogen) atoms. The number of ether oxygens (including phenoxy) is 1. The van der Waals surface area contributed by atoms with Crippen molar-refractivity contribution in [1.29, 1.82) is 0 Å². The van der Waals surface area contributed by atoms with E-state index in [1.54, 1.807) is 13.4 Å². The predicted molar refractivity (Wildman–Crippen MR) is 84.5 cm³/mol. The van der Waals surface area contributed by atoms with Crippen molar-refractivity contribution in [2.45, 2.75) is 18.9 Å². The lowest BCUT2D eigenvalue weighted by Gasteiger charge is -2.10. The fourth-order valence-corrected chi connectivity index (χ4v) is 2.56. The Hall–Kier alpha value is -2.26. The summed E-state index contributed by atoms with van der Waals surface area (Å²) in [7, 11) is 1.68. The van der Waals surface area contributed by atoms with Crippen molar-refractivity contribution < 1.29 is 9.15 Å². The van der Waals surface area contributed by atoms with Crippen molar-refractivity contribution in [2.75, 3.05) is 7.11 Å². The molecule has 0 aliphatic heterocycles. The molecule has 1 aromatic heterocycles. The molecular formula is C18H19NO2. The summed E-state index contributed by atoms with van der Waals surface area (Å²) in [4.78, 5) is 0. The van der Waals surface area contributed by atoms with Crippen LogP contribution in [0.5, 0.6) is 5.75 Å². The highest BCUT2D eigenvalue weighted by Gasteiger charge is 2.13. The number of hydrogen-bond donors (Lipinski definition) is 1. The molecule has 3 aromatic rings. The molecule has 3 rings (SSSR count). The lowest BCUT2D eigenvalue weighted by atomic mass is 9.99. The first-order chi connectivity index (χ1) is 10.3. The van der Waals surface area contributed by atoms with Crippen molar-refractivity contribution in [2.24, 2.45) is 5.73 Å². The summed E-state index contributed by atoms with van der Waals surface area (Å²) in [6.45, 7) is 0. The van der Waals surface area contributed by atoms with Crippen molar-refractivity contribution in [3.05, 3.63) is 65.9 Å². The molecule has 0 spiro atoms. The second kappa shape index (κ2) is 6.02. The number of nitrogens with two attached hydrogens (primary N) is 1. The number of fused-ring (bicyclic) bond motifs is 1. The van der Waals surface area contributed by atoms with Crippen LogP contribution in [-0.4, -0.2) is 7.11 Å². The average Bonchev–Trinajstić information content (AvgIpc) is 2.97. The minimum Gasteiger partial charge on any atom is -0.497 e. The minimum absolute atomic E-state index is 0.0178. The van der Waals surface area contributed by atoms with E-state index >= 15 is 0 Å². The van der Waals surface area contributed by atoms with Gasteiger partial charge in [0.15, 0.2) is 0 Å². The molecule has 0 saturated carbocycles. The highest BCUT2D eigenvalue weighted by Crippen LogP contribution is 2.27. The topological polar surface area (TPSA) is 48.4 Å². The number of para-hydroxylation sites is 1. The minimum atomic E-state index is -0.0178. The third-order valence-corrected chi connectivity index (χ3v) is 3.81. The lowest BCUT2D eigenvalue weighted by molar-refractivity contribution is 0.414. The molecule has 2 N–H and O–H groups in total. The molecule has 0 aliphatic rings. The standard InChI is InChI=1S/C18H19NO2/c1-20-14-9-6-13(7-10-14)8-11-17(19)16-12-21-18-5-3-2-4-15(16)18/h2-7,9-10,12,17H,8,11,19H2,1H3. The molecule has 0 bridgehead atoms. The smallest absolute Gasteiger partial charge is 0.134 e. The molecule has 1 heterocycles. The van der Waals surface area contributed by atoms with Crippen molar-refractivity contribution in [1.82, 2.24) is 0 Å². The Balaban J connectivity index is 1.69. The molecule has 3 nitrogen and oxygen atoms in total. The van der Waals surface area contributed by atoms with E-state index in [4.69, 9.17) is 14.9 Å². The van der Waals surface area contributed by atoms with Crippen LogP contribution in [0.1, 0.15) is 23.6 Å². The van der Waals surface area contributed by atoms with Crippen LogP contribution >= 0.6 is 0 Å². The van der Waals surface area contributed by atoms with Crippen LogP contribution in [0.4, 0.5) is 0 Å². The van der Waals surface area contributed by atoms with E-state index in [1.165, 1.54) is 5.56 Å². The quantitative estimate of drug-likeness (QED) is 0.766. The normalized spacial score (nSPS) is 12.5. The molecule has 0 saturated heterocycles. The van der Waals surface area contributed by atoms with Gasteiger partial charge in [-0.25, -0.2) is 0 Å². The first-order valence-electron chi connectivity index (χ1n) is 7.12. The summed E-state index contributed by atoms with van der Waals surface area (Å²) >= 11 is 0. The lowest BCUT2D eigenvalue weighted by Crippen LogP contribution is -2.10. The molecule has 108 valence electrons. The highest BCUT2D eigenvalue weighted by atomic mass is 16.5. The predicted octanol–water partition coefficient (Wildman–Crippen LogP) is 4.07. The van der Waals surface area contributed by atoms with E-state index in [2.05, 4.69) is 18.2 Å². The van der Waals surface area contributed by atoms with Crippen LogP contribution in [0, 0.1) is 0 Å². The monoisotopic (exact) mass is 281 g/mol. The van der Waals surface area contributed by atoms with Crippen molar-refractivity contribution in [3.8, 4) is 5.75 Å². The van der Waals surface area contributed by atoms with Gasteiger partial charge >= 0.3 is 0 Å². The van der Waals surface area contributed by atoms with Crippen molar-refractivity contribution >= 4 is 11.0 Å². The highest BCUT2D eigenvalue weighted by molar-refractivity contribution is 5.81. The zero-order valence-electron chi connectivity index (χ0n) is 12.1. The van der Waals surface area contributed by atoms with E-state index < -0.39 is 0 Å². The van der Waals surface area contributed by atoms with E-state index in [1.807, 2.05) is 30.3 Å². The van der Waals surface area contributed by atoms with Crippen LogP contribution in [0.15, 0.2) is 59.2 Å². The number of aryl methyl sites for hydroxylation is 1. The SMILES string of the molecule is COc1ccc(CCC(N)c2coc3ccccc23)cc1. The Morgan fingerprint density at radius 1 is 1.10 bits per heavy atom. The zero-order chi connectivity index (χ0) is 14.7. The zero-order valence-corrected chi connectivity index (χ0v) is 12.1. The maximum atomic E-state index is 6.32. The largest absolute Gasteiger partial charge is 0.497 e. The number of methoxy groups -OCH3 is 1. The number of furan rings is 1. The fraction of sp³-hybridized carbons (Fsp3) is 0.222. The number of rotatable bonds is 5. The summed E-state index contributed by atoms with van der Waals surface area (Å²) in [6.07, 6.45) is 3.60. The molecular weight excluding hydrogens is 262 g/mol.